The van der Waals surface area contributed by atoms with Gasteiger partial charge in [0, 0.05) is 38.5 Å². The predicted octanol–water partition coefficient (Wildman–Crippen LogP) is 0.686. The van der Waals surface area contributed by atoms with E-state index < -0.39 is 0 Å². The number of methoxy groups -OCH3 is 1. The molecule has 0 radical (unpaired) electrons. The molecular formula is C12H24N4O. The van der Waals surface area contributed by atoms with Crippen molar-refractivity contribution >= 4 is 0 Å². The minimum atomic E-state index is 0.431. The van der Waals surface area contributed by atoms with Crippen LogP contribution < -0.4 is 10.6 Å². The van der Waals surface area contributed by atoms with E-state index in [4.69, 9.17) is 4.74 Å². The second-order valence-electron chi connectivity index (χ2n) is 4.22. The third kappa shape index (κ3) is 5.81. The quantitative estimate of drug-likeness (QED) is 0.556. The molecule has 0 aliphatic carbocycles. The summed E-state index contributed by atoms with van der Waals surface area (Å²) in [6, 6.07) is 2.54. The van der Waals surface area contributed by atoms with Crippen LogP contribution >= 0.6 is 0 Å². The number of ether oxygens (including phenoxy) is 1. The van der Waals surface area contributed by atoms with E-state index in [0.717, 1.165) is 44.0 Å². The first-order chi connectivity index (χ1) is 8.26. The van der Waals surface area contributed by atoms with Crippen molar-refractivity contribution in [1.29, 1.82) is 0 Å². The van der Waals surface area contributed by atoms with Crippen LogP contribution in [0.2, 0.25) is 0 Å². The highest BCUT2D eigenvalue weighted by Crippen LogP contribution is 1.99. The van der Waals surface area contributed by atoms with Gasteiger partial charge in [-0.3, -0.25) is 5.10 Å². The maximum atomic E-state index is 4.97. The molecule has 17 heavy (non-hydrogen) atoms. The van der Waals surface area contributed by atoms with Crippen LogP contribution in [0.25, 0.3) is 0 Å². The molecule has 0 spiro atoms. The molecule has 98 valence electrons. The van der Waals surface area contributed by atoms with E-state index in [2.05, 4.69) is 40.7 Å². The third-order valence-corrected chi connectivity index (χ3v) is 2.62. The Morgan fingerprint density at radius 1 is 1.53 bits per heavy atom. The molecule has 1 heterocycles. The molecule has 0 aliphatic rings. The summed E-state index contributed by atoms with van der Waals surface area (Å²) in [4.78, 5) is 0. The van der Waals surface area contributed by atoms with Crippen LogP contribution in [0.4, 0.5) is 0 Å². The Labute approximate surface area is 103 Å². The fraction of sp³-hybridized carbons (Fsp3) is 0.750. The number of nitrogens with one attached hydrogen (secondary N) is 3. The van der Waals surface area contributed by atoms with Gasteiger partial charge in [0.1, 0.15) is 0 Å². The summed E-state index contributed by atoms with van der Waals surface area (Å²) in [6.07, 6.45) is 0.977. The van der Waals surface area contributed by atoms with Crippen molar-refractivity contribution in [3.05, 3.63) is 17.5 Å². The van der Waals surface area contributed by atoms with Crippen molar-refractivity contribution in [2.24, 2.45) is 0 Å². The second-order valence-corrected chi connectivity index (χ2v) is 4.22. The zero-order chi connectivity index (χ0) is 12.5. The topological polar surface area (TPSA) is 62.0 Å². The molecule has 1 aromatic heterocycles. The standard InChI is InChI=1S/C12H24N4O/c1-4-11-7-12(16-15-11)9-14-10(2)8-13-5-6-17-3/h7,10,13-14H,4-6,8-9H2,1-3H3,(H,15,16). The van der Waals surface area contributed by atoms with Crippen molar-refractivity contribution in [3.63, 3.8) is 0 Å². The Bertz CT molecular complexity index is 300. The number of rotatable bonds is 9. The van der Waals surface area contributed by atoms with Gasteiger partial charge in [-0.15, -0.1) is 0 Å². The first kappa shape index (κ1) is 14.2. The van der Waals surface area contributed by atoms with E-state index in [1.54, 1.807) is 7.11 Å². The molecule has 0 fully saturated rings. The van der Waals surface area contributed by atoms with E-state index in [1.165, 1.54) is 0 Å². The molecule has 5 nitrogen and oxygen atoms in total. The normalized spacial score (nSPS) is 12.9. The Balaban J connectivity index is 2.12. The molecule has 1 atom stereocenters. The van der Waals surface area contributed by atoms with Crippen molar-refractivity contribution in [1.82, 2.24) is 20.8 Å². The smallest absolute Gasteiger partial charge is 0.0622 e. The number of hydrogen-bond donors (Lipinski definition) is 3. The number of aryl methyl sites for hydroxylation is 1. The maximum absolute atomic E-state index is 4.97. The SMILES string of the molecule is CCc1cc(CNC(C)CNCCOC)[nH]n1. The van der Waals surface area contributed by atoms with Crippen molar-refractivity contribution in [2.75, 3.05) is 26.8 Å². The first-order valence-corrected chi connectivity index (χ1v) is 6.22. The molecular weight excluding hydrogens is 216 g/mol. The molecule has 1 unspecified atom stereocenters. The molecule has 1 aromatic rings. The second kappa shape index (κ2) is 8.22. The van der Waals surface area contributed by atoms with Crippen LogP contribution in [0.3, 0.4) is 0 Å². The Morgan fingerprint density at radius 3 is 3.00 bits per heavy atom. The van der Waals surface area contributed by atoms with Gasteiger partial charge >= 0.3 is 0 Å². The Morgan fingerprint density at radius 2 is 2.35 bits per heavy atom. The average molecular weight is 240 g/mol. The Kier molecular flexibility index (Phi) is 6.84. The highest BCUT2D eigenvalue weighted by Gasteiger charge is 2.03. The molecule has 0 saturated heterocycles. The van der Waals surface area contributed by atoms with Crippen LogP contribution in [0, 0.1) is 0 Å². The van der Waals surface area contributed by atoms with Crippen molar-refractivity contribution in [2.45, 2.75) is 32.9 Å². The Hall–Kier alpha value is -0.910. The summed E-state index contributed by atoms with van der Waals surface area (Å²) < 4.78 is 4.97. The van der Waals surface area contributed by atoms with Crippen LogP contribution in [0.5, 0.6) is 0 Å². The third-order valence-electron chi connectivity index (χ3n) is 2.62. The van der Waals surface area contributed by atoms with Crippen LogP contribution in [0.1, 0.15) is 25.2 Å². The van der Waals surface area contributed by atoms with Gasteiger partial charge < -0.3 is 15.4 Å². The number of aromatic amines is 1. The van der Waals surface area contributed by atoms with E-state index in [0.29, 0.717) is 6.04 Å². The minimum Gasteiger partial charge on any atom is -0.383 e. The number of nitrogens with zero attached hydrogens (tertiary/aromatic N) is 1. The van der Waals surface area contributed by atoms with E-state index in [9.17, 15) is 0 Å². The molecule has 1 rings (SSSR count). The van der Waals surface area contributed by atoms with Gasteiger partial charge in [-0.05, 0) is 19.4 Å². The van der Waals surface area contributed by atoms with Gasteiger partial charge in [-0.2, -0.15) is 5.10 Å². The lowest BCUT2D eigenvalue weighted by atomic mass is 10.3. The highest BCUT2D eigenvalue weighted by atomic mass is 16.5. The predicted molar refractivity (Wildman–Crippen MR) is 69.0 cm³/mol. The van der Waals surface area contributed by atoms with Crippen LogP contribution in [-0.4, -0.2) is 43.0 Å². The fourth-order valence-corrected chi connectivity index (χ4v) is 1.53. The summed E-state index contributed by atoms with van der Waals surface area (Å²) >= 11 is 0. The first-order valence-electron chi connectivity index (χ1n) is 6.22. The monoisotopic (exact) mass is 240 g/mol. The van der Waals surface area contributed by atoms with E-state index >= 15 is 0 Å². The lowest BCUT2D eigenvalue weighted by Gasteiger charge is -2.13. The summed E-state index contributed by atoms with van der Waals surface area (Å²) in [5, 5.41) is 14.0. The van der Waals surface area contributed by atoms with Crippen molar-refractivity contribution < 1.29 is 4.74 Å². The summed E-state index contributed by atoms with van der Waals surface area (Å²) in [5.41, 5.74) is 2.26. The van der Waals surface area contributed by atoms with E-state index in [1.807, 2.05) is 0 Å². The summed E-state index contributed by atoms with van der Waals surface area (Å²) in [6.45, 7) is 7.70. The molecule has 0 amide bonds. The minimum absolute atomic E-state index is 0.431. The largest absolute Gasteiger partial charge is 0.383 e. The number of H-pyrrole nitrogens is 1. The summed E-state index contributed by atoms with van der Waals surface area (Å²) in [5.74, 6) is 0. The van der Waals surface area contributed by atoms with Gasteiger partial charge in [-0.25, -0.2) is 0 Å². The number of hydrogen-bond acceptors (Lipinski definition) is 4. The van der Waals surface area contributed by atoms with Gasteiger partial charge in [0.05, 0.1) is 12.3 Å². The molecule has 0 saturated carbocycles. The van der Waals surface area contributed by atoms with Gasteiger partial charge in [0.15, 0.2) is 0 Å². The van der Waals surface area contributed by atoms with Gasteiger partial charge in [0.2, 0.25) is 0 Å². The zero-order valence-electron chi connectivity index (χ0n) is 11.0. The van der Waals surface area contributed by atoms with Crippen LogP contribution in [0.15, 0.2) is 6.07 Å². The van der Waals surface area contributed by atoms with Gasteiger partial charge in [-0.1, -0.05) is 6.92 Å². The highest BCUT2D eigenvalue weighted by molar-refractivity contribution is 5.08. The average Bonchev–Trinajstić information content (AvgIpc) is 2.80. The molecule has 0 aliphatic heterocycles. The van der Waals surface area contributed by atoms with Crippen molar-refractivity contribution in [3.8, 4) is 0 Å². The number of aromatic nitrogens is 2. The lowest BCUT2D eigenvalue weighted by Crippen LogP contribution is -2.37. The molecule has 5 heteroatoms. The molecule has 0 bridgehead atoms. The summed E-state index contributed by atoms with van der Waals surface area (Å²) in [7, 11) is 1.72. The van der Waals surface area contributed by atoms with Crippen LogP contribution in [-0.2, 0) is 17.7 Å². The molecule has 3 N–H and O–H groups in total. The van der Waals surface area contributed by atoms with E-state index in [-0.39, 0.29) is 0 Å². The maximum Gasteiger partial charge on any atom is 0.0622 e. The van der Waals surface area contributed by atoms with Gasteiger partial charge in [0.25, 0.3) is 0 Å². The fourth-order valence-electron chi connectivity index (χ4n) is 1.53. The molecule has 0 aromatic carbocycles. The lowest BCUT2D eigenvalue weighted by molar-refractivity contribution is 0.198. The zero-order valence-corrected chi connectivity index (χ0v) is 11.0.